The van der Waals surface area contributed by atoms with Gasteiger partial charge in [-0.3, -0.25) is 19.1 Å². The van der Waals surface area contributed by atoms with Gasteiger partial charge in [0.05, 0.1) is 16.9 Å². The highest BCUT2D eigenvalue weighted by Crippen LogP contribution is 2.46. The molecule has 32 heavy (non-hydrogen) atoms. The quantitative estimate of drug-likeness (QED) is 0.361. The number of rotatable bonds is 5. The average Bonchev–Trinajstić information content (AvgIpc) is 3.17. The molecule has 0 bridgehead atoms. The van der Waals surface area contributed by atoms with Crippen LogP contribution in [0.2, 0.25) is 5.02 Å². The van der Waals surface area contributed by atoms with E-state index in [1.807, 2.05) is 19.1 Å². The lowest BCUT2D eigenvalue weighted by Crippen LogP contribution is -2.21. The summed E-state index contributed by atoms with van der Waals surface area (Å²) in [7, 11) is 0. The number of anilines is 2. The minimum Gasteiger partial charge on any atom is -0.349 e. The Kier molecular flexibility index (Phi) is 4.63. The summed E-state index contributed by atoms with van der Waals surface area (Å²) >= 11 is 6.07. The summed E-state index contributed by atoms with van der Waals surface area (Å²) in [5, 5.41) is 10.6. The van der Waals surface area contributed by atoms with E-state index in [0.717, 1.165) is 18.2 Å². The first kappa shape index (κ1) is 20.1. The highest BCUT2D eigenvalue weighted by molar-refractivity contribution is 6.31. The van der Waals surface area contributed by atoms with E-state index < -0.39 is 11.7 Å². The van der Waals surface area contributed by atoms with Crippen molar-refractivity contribution in [3.8, 4) is 11.4 Å². The van der Waals surface area contributed by atoms with E-state index in [4.69, 9.17) is 11.6 Å². The first-order valence-corrected chi connectivity index (χ1v) is 10.3. The number of H-pyrrole nitrogens is 2. The van der Waals surface area contributed by atoms with E-state index in [9.17, 15) is 14.4 Å². The molecular formula is C22H18ClN5O4. The summed E-state index contributed by atoms with van der Waals surface area (Å²) in [6, 6.07) is 11.9. The highest BCUT2D eigenvalue weighted by atomic mass is 35.5. The molecule has 1 aliphatic rings. The van der Waals surface area contributed by atoms with Gasteiger partial charge in [0.25, 0.3) is 5.91 Å². The van der Waals surface area contributed by atoms with E-state index >= 15 is 0 Å². The van der Waals surface area contributed by atoms with Gasteiger partial charge in [0.1, 0.15) is 5.69 Å². The maximum atomic E-state index is 13.0. The van der Waals surface area contributed by atoms with E-state index in [-0.39, 0.29) is 17.1 Å². The van der Waals surface area contributed by atoms with Crippen LogP contribution in [-0.2, 0) is 4.79 Å². The molecule has 1 saturated carbocycles. The average molecular weight is 452 g/mol. The first-order valence-electron chi connectivity index (χ1n) is 9.93. The van der Waals surface area contributed by atoms with Crippen LogP contribution in [0.1, 0.15) is 30.3 Å². The maximum Gasteiger partial charge on any atom is 0.439 e. The van der Waals surface area contributed by atoms with Crippen molar-refractivity contribution in [2.75, 3.05) is 10.6 Å². The normalized spacial score (nSPS) is 14.3. The van der Waals surface area contributed by atoms with Gasteiger partial charge in [0.15, 0.2) is 5.82 Å². The second-order valence-corrected chi connectivity index (χ2v) is 8.49. The Hall–Kier alpha value is -3.85. The van der Waals surface area contributed by atoms with Crippen LogP contribution < -0.4 is 16.4 Å². The summed E-state index contributed by atoms with van der Waals surface area (Å²) < 4.78 is 4.56. The predicted octanol–water partition coefficient (Wildman–Crippen LogP) is 4.16. The number of aromatic nitrogens is 3. The van der Waals surface area contributed by atoms with Crippen LogP contribution >= 0.6 is 11.6 Å². The molecule has 1 fully saturated rings. The summed E-state index contributed by atoms with van der Waals surface area (Å²) in [5.74, 6) is -1.02. The minimum absolute atomic E-state index is 0.0296. The van der Waals surface area contributed by atoms with Gasteiger partial charge in [-0.15, -0.1) is 0 Å². The monoisotopic (exact) mass is 451 g/mol. The molecule has 4 aromatic rings. The summed E-state index contributed by atoms with van der Waals surface area (Å²) in [6.07, 6.45) is 1.74. The van der Waals surface area contributed by atoms with Crippen LogP contribution in [0.3, 0.4) is 0 Å². The number of amides is 2. The molecule has 0 atom stereocenters. The minimum atomic E-state index is -0.720. The summed E-state index contributed by atoms with van der Waals surface area (Å²) in [5.41, 5.74) is 2.05. The van der Waals surface area contributed by atoms with E-state index in [1.54, 1.807) is 30.3 Å². The van der Waals surface area contributed by atoms with Crippen LogP contribution in [0, 0.1) is 5.41 Å². The van der Waals surface area contributed by atoms with Gasteiger partial charge in [-0.25, -0.2) is 4.79 Å². The summed E-state index contributed by atoms with van der Waals surface area (Å²) in [6.45, 7) is 1.93. The van der Waals surface area contributed by atoms with Crippen molar-refractivity contribution in [3.63, 3.8) is 0 Å². The number of carbonyl (C=O) groups excluding carboxylic acids is 2. The molecule has 162 valence electrons. The molecule has 4 N–H and O–H groups in total. The molecule has 2 aromatic carbocycles. The molecule has 2 amide bonds. The van der Waals surface area contributed by atoms with Crippen LogP contribution in [-0.4, -0.2) is 26.9 Å². The first-order chi connectivity index (χ1) is 15.3. The van der Waals surface area contributed by atoms with Gasteiger partial charge in [-0.05, 0) is 43.2 Å². The molecule has 10 heteroatoms. The molecular weight excluding hydrogens is 434 g/mol. The molecule has 0 unspecified atom stereocenters. The van der Waals surface area contributed by atoms with Crippen LogP contribution in [0.4, 0.5) is 11.4 Å². The molecule has 0 saturated heterocycles. The standard InChI is InChI=1S/C22H18ClN5O4/c1-22(7-8-22)20(30)26-15-4-2-3-11-9-16(24-17(11)15)19(29)25-14-6-5-12(23)10-13(14)18-27-21(31)32-28-18/h2-6,9-10,24H,7-8H2,1H3,(H,25,29)(H,26,30)(H,27,28,31). The van der Waals surface area contributed by atoms with Crippen molar-refractivity contribution in [2.45, 2.75) is 19.8 Å². The molecule has 5 rings (SSSR count). The lowest BCUT2D eigenvalue weighted by Gasteiger charge is -2.11. The number of para-hydroxylation sites is 1. The molecule has 1 aliphatic carbocycles. The molecule has 2 heterocycles. The fourth-order valence-electron chi connectivity index (χ4n) is 3.43. The predicted molar refractivity (Wildman–Crippen MR) is 120 cm³/mol. The van der Waals surface area contributed by atoms with Crippen molar-refractivity contribution < 1.29 is 14.1 Å². The summed E-state index contributed by atoms with van der Waals surface area (Å²) in [4.78, 5) is 42.3. The van der Waals surface area contributed by atoms with E-state index in [0.29, 0.717) is 33.2 Å². The second-order valence-electron chi connectivity index (χ2n) is 8.06. The van der Waals surface area contributed by atoms with Gasteiger partial charge < -0.3 is 15.6 Å². The lowest BCUT2D eigenvalue weighted by atomic mass is 10.1. The number of carbonyl (C=O) groups is 2. The van der Waals surface area contributed by atoms with Gasteiger partial charge in [-0.1, -0.05) is 35.8 Å². The van der Waals surface area contributed by atoms with Crippen molar-refractivity contribution in [1.29, 1.82) is 0 Å². The third kappa shape index (κ3) is 3.67. The zero-order chi connectivity index (χ0) is 22.5. The molecule has 0 aliphatic heterocycles. The fourth-order valence-corrected chi connectivity index (χ4v) is 3.60. The number of halogens is 1. The SMILES string of the molecule is CC1(C(=O)Nc2cccc3cc(C(=O)Nc4ccc(Cl)cc4-c4noc(=O)[nH]4)[nH]c23)CC1. The number of hydrogen-bond donors (Lipinski definition) is 4. The highest BCUT2D eigenvalue weighted by Gasteiger charge is 2.45. The maximum absolute atomic E-state index is 13.0. The van der Waals surface area contributed by atoms with Crippen molar-refractivity contribution >= 4 is 45.7 Å². The van der Waals surface area contributed by atoms with Crippen molar-refractivity contribution in [1.82, 2.24) is 15.1 Å². The fraction of sp³-hybridized carbons (Fsp3) is 0.182. The number of fused-ring (bicyclic) bond motifs is 1. The molecule has 0 radical (unpaired) electrons. The zero-order valence-electron chi connectivity index (χ0n) is 16.9. The number of aromatic amines is 2. The Labute approximate surface area is 186 Å². The largest absolute Gasteiger partial charge is 0.439 e. The van der Waals surface area contributed by atoms with Gasteiger partial charge in [-0.2, -0.15) is 0 Å². The third-order valence-electron chi connectivity index (χ3n) is 5.62. The second kappa shape index (κ2) is 7.38. The van der Waals surface area contributed by atoms with Crippen LogP contribution in [0.15, 0.2) is 51.8 Å². The Bertz CT molecular complexity index is 1430. The zero-order valence-corrected chi connectivity index (χ0v) is 17.7. The molecule has 0 spiro atoms. The van der Waals surface area contributed by atoms with Gasteiger partial charge in [0, 0.05) is 21.4 Å². The number of nitrogens with zero attached hydrogens (tertiary/aromatic N) is 1. The van der Waals surface area contributed by atoms with Crippen LogP contribution in [0.5, 0.6) is 0 Å². The molecule has 2 aromatic heterocycles. The Morgan fingerprint density at radius 3 is 2.62 bits per heavy atom. The number of benzene rings is 2. The third-order valence-corrected chi connectivity index (χ3v) is 5.86. The Balaban J connectivity index is 1.44. The van der Waals surface area contributed by atoms with E-state index in [1.165, 1.54) is 0 Å². The van der Waals surface area contributed by atoms with Crippen molar-refractivity contribution in [3.05, 3.63) is 63.7 Å². The topological polar surface area (TPSA) is 133 Å². The Morgan fingerprint density at radius 2 is 1.91 bits per heavy atom. The smallest absolute Gasteiger partial charge is 0.349 e. The Morgan fingerprint density at radius 1 is 1.09 bits per heavy atom. The molecule has 9 nitrogen and oxygen atoms in total. The van der Waals surface area contributed by atoms with Gasteiger partial charge in [0.2, 0.25) is 5.91 Å². The van der Waals surface area contributed by atoms with Crippen LogP contribution in [0.25, 0.3) is 22.3 Å². The number of hydrogen-bond acceptors (Lipinski definition) is 5. The van der Waals surface area contributed by atoms with Crippen molar-refractivity contribution in [2.24, 2.45) is 5.41 Å². The van der Waals surface area contributed by atoms with E-state index in [2.05, 4.69) is 30.3 Å². The number of nitrogens with one attached hydrogen (secondary N) is 4. The lowest BCUT2D eigenvalue weighted by molar-refractivity contribution is -0.120. The van der Waals surface area contributed by atoms with Gasteiger partial charge >= 0.3 is 5.76 Å².